The Morgan fingerprint density at radius 3 is 2.52 bits per heavy atom. The van der Waals surface area contributed by atoms with Gasteiger partial charge >= 0.3 is 0 Å². The molecule has 1 fully saturated rings. The summed E-state index contributed by atoms with van der Waals surface area (Å²) in [7, 11) is -3.51. The minimum atomic E-state index is -3.51. The van der Waals surface area contributed by atoms with Crippen LogP contribution in [0.15, 0.2) is 23.1 Å². The molecule has 0 atom stereocenters. The third-order valence-electron chi connectivity index (χ3n) is 5.06. The molecule has 0 aromatic heterocycles. The normalized spacial score (nSPS) is 18.8. The summed E-state index contributed by atoms with van der Waals surface area (Å²) in [6, 6.07) is 5.04. The average molecular weight is 365 g/mol. The van der Waals surface area contributed by atoms with Crippen molar-refractivity contribution in [2.24, 2.45) is 0 Å². The predicted octanol–water partition coefficient (Wildman–Crippen LogP) is 1.75. The van der Waals surface area contributed by atoms with E-state index in [2.05, 4.69) is 9.62 Å². The van der Waals surface area contributed by atoms with Crippen molar-refractivity contribution in [2.45, 2.75) is 43.9 Å². The summed E-state index contributed by atoms with van der Waals surface area (Å²) in [5, 5.41) is 0. The largest absolute Gasteiger partial charge is 0.312 e. The van der Waals surface area contributed by atoms with Crippen LogP contribution in [-0.2, 0) is 21.2 Å². The van der Waals surface area contributed by atoms with Gasteiger partial charge in [0.1, 0.15) is 0 Å². The molecule has 1 N–H and O–H groups in total. The van der Waals surface area contributed by atoms with Crippen LogP contribution < -0.4 is 9.62 Å². The van der Waals surface area contributed by atoms with E-state index in [-0.39, 0.29) is 10.8 Å². The number of rotatable bonds is 5. The van der Waals surface area contributed by atoms with Gasteiger partial charge < -0.3 is 9.80 Å². The number of hydrogen-bond acceptors (Lipinski definition) is 4. The lowest BCUT2D eigenvalue weighted by Gasteiger charge is -2.20. The van der Waals surface area contributed by atoms with E-state index in [0.29, 0.717) is 19.5 Å². The van der Waals surface area contributed by atoms with E-state index < -0.39 is 10.0 Å². The Morgan fingerprint density at radius 2 is 1.84 bits per heavy atom. The van der Waals surface area contributed by atoms with Gasteiger partial charge in [-0.05, 0) is 56.1 Å². The monoisotopic (exact) mass is 365 g/mol. The molecule has 1 aromatic carbocycles. The highest BCUT2D eigenvalue weighted by atomic mass is 32.2. The number of likely N-dealkylation sites (tertiary alicyclic amines) is 1. The number of carbonyl (C=O) groups is 1. The molecule has 2 aliphatic heterocycles. The van der Waals surface area contributed by atoms with Gasteiger partial charge in [-0.2, -0.15) is 0 Å². The molecule has 0 spiro atoms. The lowest BCUT2D eigenvalue weighted by Crippen LogP contribution is -2.35. The van der Waals surface area contributed by atoms with Crippen LogP contribution in [0.3, 0.4) is 0 Å². The summed E-state index contributed by atoms with van der Waals surface area (Å²) in [6.45, 7) is 5.45. The lowest BCUT2D eigenvalue weighted by molar-refractivity contribution is -0.116. The molecule has 1 amide bonds. The standard InChI is InChI=1S/C18H27N3O3S/c1-15(22)21-12-8-16-14-17(6-7-18(16)21)25(23,24)19-9-13-20-10-4-2-3-5-11-20/h6-7,14,19H,2-5,8-13H2,1H3. The van der Waals surface area contributed by atoms with Gasteiger partial charge in [0.2, 0.25) is 15.9 Å². The molecule has 0 aliphatic carbocycles. The number of amides is 1. The van der Waals surface area contributed by atoms with E-state index in [1.165, 1.54) is 32.6 Å². The van der Waals surface area contributed by atoms with Crippen LogP contribution in [-0.4, -0.2) is 51.9 Å². The molecule has 138 valence electrons. The summed E-state index contributed by atoms with van der Waals surface area (Å²) in [5.41, 5.74) is 1.75. The third kappa shape index (κ3) is 4.40. The van der Waals surface area contributed by atoms with Gasteiger partial charge in [-0.3, -0.25) is 4.79 Å². The smallest absolute Gasteiger partial charge is 0.240 e. The maximum absolute atomic E-state index is 12.5. The Labute approximate surface area is 150 Å². The molecule has 1 saturated heterocycles. The van der Waals surface area contributed by atoms with Gasteiger partial charge in [0.05, 0.1) is 4.90 Å². The highest BCUT2D eigenvalue weighted by Crippen LogP contribution is 2.30. The predicted molar refractivity (Wildman–Crippen MR) is 98.3 cm³/mol. The molecule has 1 aromatic rings. The molecular formula is C18H27N3O3S. The second-order valence-corrected chi connectivity index (χ2v) is 8.63. The Bertz CT molecular complexity index is 725. The second-order valence-electron chi connectivity index (χ2n) is 6.86. The first kappa shape index (κ1) is 18.4. The zero-order valence-electron chi connectivity index (χ0n) is 14.8. The number of carbonyl (C=O) groups excluding carboxylic acids is 1. The van der Waals surface area contributed by atoms with Crippen LogP contribution in [0, 0.1) is 0 Å². The van der Waals surface area contributed by atoms with Crippen molar-refractivity contribution < 1.29 is 13.2 Å². The van der Waals surface area contributed by atoms with Crippen molar-refractivity contribution in [1.29, 1.82) is 0 Å². The summed E-state index contributed by atoms with van der Waals surface area (Å²) >= 11 is 0. The number of hydrogen-bond donors (Lipinski definition) is 1. The van der Waals surface area contributed by atoms with Gasteiger partial charge in [-0.1, -0.05) is 12.8 Å². The minimum Gasteiger partial charge on any atom is -0.312 e. The average Bonchev–Trinajstić information content (AvgIpc) is 2.83. The summed E-state index contributed by atoms with van der Waals surface area (Å²) in [6.07, 6.45) is 5.64. The fraction of sp³-hybridized carbons (Fsp3) is 0.611. The molecule has 0 bridgehead atoms. The molecule has 0 saturated carbocycles. The van der Waals surface area contributed by atoms with Crippen LogP contribution in [0.5, 0.6) is 0 Å². The van der Waals surface area contributed by atoms with E-state index in [1.807, 2.05) is 0 Å². The van der Waals surface area contributed by atoms with Gasteiger partial charge in [-0.25, -0.2) is 13.1 Å². The van der Waals surface area contributed by atoms with Crippen molar-refractivity contribution in [2.75, 3.05) is 37.6 Å². The van der Waals surface area contributed by atoms with E-state index in [1.54, 1.807) is 23.1 Å². The maximum Gasteiger partial charge on any atom is 0.240 e. The zero-order chi connectivity index (χ0) is 17.9. The number of fused-ring (bicyclic) bond motifs is 1. The van der Waals surface area contributed by atoms with Gasteiger partial charge in [0, 0.05) is 32.2 Å². The number of nitrogens with one attached hydrogen (secondary N) is 1. The number of sulfonamides is 1. The highest BCUT2D eigenvalue weighted by molar-refractivity contribution is 7.89. The zero-order valence-corrected chi connectivity index (χ0v) is 15.6. The third-order valence-corrected chi connectivity index (χ3v) is 6.51. The van der Waals surface area contributed by atoms with E-state index in [9.17, 15) is 13.2 Å². The fourth-order valence-electron chi connectivity index (χ4n) is 3.65. The minimum absolute atomic E-state index is 0.00932. The molecule has 6 nitrogen and oxygen atoms in total. The Hall–Kier alpha value is -1.44. The summed E-state index contributed by atoms with van der Waals surface area (Å²) < 4.78 is 27.8. The molecule has 0 unspecified atom stereocenters. The van der Waals surface area contributed by atoms with E-state index in [4.69, 9.17) is 0 Å². The van der Waals surface area contributed by atoms with Gasteiger partial charge in [0.15, 0.2) is 0 Å². The first-order chi connectivity index (χ1) is 12.0. The van der Waals surface area contributed by atoms with Crippen LogP contribution in [0.25, 0.3) is 0 Å². The molecule has 7 heteroatoms. The van der Waals surface area contributed by atoms with Crippen LogP contribution in [0.1, 0.15) is 38.2 Å². The first-order valence-corrected chi connectivity index (χ1v) is 10.6. The van der Waals surface area contributed by atoms with E-state index >= 15 is 0 Å². The molecule has 25 heavy (non-hydrogen) atoms. The van der Waals surface area contributed by atoms with Crippen LogP contribution in [0.2, 0.25) is 0 Å². The molecular weight excluding hydrogens is 338 g/mol. The van der Waals surface area contributed by atoms with Crippen molar-refractivity contribution >= 4 is 21.6 Å². The Balaban J connectivity index is 1.61. The van der Waals surface area contributed by atoms with Crippen LogP contribution in [0.4, 0.5) is 5.69 Å². The number of nitrogens with zero attached hydrogens (tertiary/aromatic N) is 2. The Kier molecular flexibility index (Phi) is 5.76. The number of benzene rings is 1. The van der Waals surface area contributed by atoms with Crippen LogP contribution >= 0.6 is 0 Å². The SMILES string of the molecule is CC(=O)N1CCc2cc(S(=O)(=O)NCCN3CCCCCC3)ccc21. The summed E-state index contributed by atoms with van der Waals surface area (Å²) in [4.78, 5) is 15.9. The molecule has 3 rings (SSSR count). The molecule has 2 aliphatic rings. The Morgan fingerprint density at radius 1 is 1.12 bits per heavy atom. The van der Waals surface area contributed by atoms with Gasteiger partial charge in [-0.15, -0.1) is 0 Å². The van der Waals surface area contributed by atoms with Crippen molar-refractivity contribution in [1.82, 2.24) is 9.62 Å². The quantitative estimate of drug-likeness (QED) is 0.863. The van der Waals surface area contributed by atoms with Crippen molar-refractivity contribution in [3.05, 3.63) is 23.8 Å². The molecule has 2 heterocycles. The lowest BCUT2D eigenvalue weighted by atomic mass is 10.2. The van der Waals surface area contributed by atoms with E-state index in [0.717, 1.165) is 30.9 Å². The highest BCUT2D eigenvalue weighted by Gasteiger charge is 2.24. The van der Waals surface area contributed by atoms with Crippen molar-refractivity contribution in [3.63, 3.8) is 0 Å². The first-order valence-electron chi connectivity index (χ1n) is 9.10. The van der Waals surface area contributed by atoms with Crippen molar-refractivity contribution in [3.8, 4) is 0 Å². The molecule has 0 radical (unpaired) electrons. The topological polar surface area (TPSA) is 69.7 Å². The fourth-order valence-corrected chi connectivity index (χ4v) is 4.72. The maximum atomic E-state index is 12.5. The second kappa shape index (κ2) is 7.85. The number of anilines is 1. The summed E-state index contributed by atoms with van der Waals surface area (Å²) in [5.74, 6) is -0.00932. The van der Waals surface area contributed by atoms with Gasteiger partial charge in [0.25, 0.3) is 0 Å².